The molecule has 12 heteroatoms. The van der Waals surface area contributed by atoms with Crippen LogP contribution in [0.2, 0.25) is 0 Å². The fourth-order valence-electron chi connectivity index (χ4n) is 6.33. The standard InChI is InChI=1S/C31H33F2N7O2S/c1-3-23(41)39-11-13-40(14-12-39)29-21-15-20(17-6-7-17)24(19-8-9-22(32)28-27(19)35-30(34)43-28)25(33)26(21)36-31(37-29)42-16-18-5-4-10-38(18)2/h3,8-9,15,17-18H,1,4-7,10-14,16H2,2H3,(H2,34,35). The van der Waals surface area contributed by atoms with Crippen molar-refractivity contribution in [2.45, 2.75) is 37.6 Å². The first-order valence-electron chi connectivity index (χ1n) is 14.7. The van der Waals surface area contributed by atoms with Crippen LogP contribution in [0, 0.1) is 11.6 Å². The van der Waals surface area contributed by atoms with E-state index in [0.29, 0.717) is 65.3 Å². The molecule has 9 nitrogen and oxygen atoms in total. The average molecular weight is 606 g/mol. The second-order valence-corrected chi connectivity index (χ2v) is 12.6. The molecular formula is C31H33F2N7O2S. The van der Waals surface area contributed by atoms with Crippen LogP contribution in [0.3, 0.4) is 0 Å². The molecule has 2 aromatic heterocycles. The van der Waals surface area contributed by atoms with Gasteiger partial charge in [0.15, 0.2) is 10.9 Å². The Morgan fingerprint density at radius 3 is 2.60 bits per heavy atom. The van der Waals surface area contributed by atoms with Gasteiger partial charge in [-0.3, -0.25) is 4.79 Å². The fourth-order valence-corrected chi connectivity index (χ4v) is 7.09. The quantitative estimate of drug-likeness (QED) is 0.296. The van der Waals surface area contributed by atoms with E-state index in [1.165, 1.54) is 12.1 Å². The second-order valence-electron chi connectivity index (χ2n) is 11.6. The van der Waals surface area contributed by atoms with Crippen molar-refractivity contribution in [1.29, 1.82) is 0 Å². The molecule has 2 aliphatic heterocycles. The highest BCUT2D eigenvalue weighted by Gasteiger charge is 2.33. The number of ether oxygens (including phenoxy) is 1. The summed E-state index contributed by atoms with van der Waals surface area (Å²) < 4.78 is 38.2. The third-order valence-corrected chi connectivity index (χ3v) is 9.75. The van der Waals surface area contributed by atoms with Crippen molar-refractivity contribution in [2.24, 2.45) is 0 Å². The van der Waals surface area contributed by atoms with Gasteiger partial charge in [0, 0.05) is 48.7 Å². The van der Waals surface area contributed by atoms with E-state index in [0.717, 1.165) is 49.1 Å². The van der Waals surface area contributed by atoms with Crippen LogP contribution < -0.4 is 15.4 Å². The van der Waals surface area contributed by atoms with Crippen molar-refractivity contribution in [2.75, 3.05) is 57.0 Å². The highest BCUT2D eigenvalue weighted by molar-refractivity contribution is 7.22. The minimum atomic E-state index is -0.508. The van der Waals surface area contributed by atoms with Crippen molar-refractivity contribution < 1.29 is 18.3 Å². The third-order valence-electron chi connectivity index (χ3n) is 8.86. The molecule has 1 unspecified atom stereocenters. The van der Waals surface area contributed by atoms with Gasteiger partial charge in [0.05, 0.1) is 10.2 Å². The summed E-state index contributed by atoms with van der Waals surface area (Å²) in [6.45, 7) is 7.04. The second kappa shape index (κ2) is 11.0. The van der Waals surface area contributed by atoms with E-state index in [-0.39, 0.29) is 34.5 Å². The zero-order valence-corrected chi connectivity index (χ0v) is 24.8. The number of halogens is 2. The number of carbonyl (C=O) groups excluding carboxylic acids is 1. The lowest BCUT2D eigenvalue weighted by atomic mass is 9.93. The summed E-state index contributed by atoms with van der Waals surface area (Å²) in [5, 5.41) is 0.815. The van der Waals surface area contributed by atoms with Crippen molar-refractivity contribution in [3.05, 3.63) is 48.1 Å². The van der Waals surface area contributed by atoms with Crippen molar-refractivity contribution in [3.8, 4) is 17.1 Å². The first-order valence-corrected chi connectivity index (χ1v) is 15.5. The van der Waals surface area contributed by atoms with Gasteiger partial charge < -0.3 is 25.2 Å². The molecule has 43 heavy (non-hydrogen) atoms. The van der Waals surface area contributed by atoms with E-state index in [4.69, 9.17) is 15.5 Å². The van der Waals surface area contributed by atoms with E-state index in [1.807, 2.05) is 6.07 Å². The number of aromatic nitrogens is 3. The summed E-state index contributed by atoms with van der Waals surface area (Å²) in [6.07, 6.45) is 5.28. The number of nitrogens with two attached hydrogens (primary N) is 1. The van der Waals surface area contributed by atoms with Crippen molar-refractivity contribution in [3.63, 3.8) is 0 Å². The lowest BCUT2D eigenvalue weighted by Gasteiger charge is -2.35. The van der Waals surface area contributed by atoms with Crippen molar-refractivity contribution >= 4 is 49.3 Å². The molecule has 3 aliphatic rings. The maximum Gasteiger partial charge on any atom is 0.319 e. The minimum Gasteiger partial charge on any atom is -0.462 e. The Kier molecular flexibility index (Phi) is 7.13. The van der Waals surface area contributed by atoms with E-state index >= 15 is 4.39 Å². The normalized spacial score (nSPS) is 19.5. The Morgan fingerprint density at radius 2 is 1.91 bits per heavy atom. The first kappa shape index (κ1) is 27.9. The molecule has 224 valence electrons. The highest BCUT2D eigenvalue weighted by Crippen LogP contribution is 2.49. The maximum atomic E-state index is 17.0. The number of hydrogen-bond donors (Lipinski definition) is 1. The zero-order valence-electron chi connectivity index (χ0n) is 24.0. The summed E-state index contributed by atoms with van der Waals surface area (Å²) in [6, 6.07) is 5.26. The van der Waals surface area contributed by atoms with Gasteiger partial charge >= 0.3 is 6.01 Å². The van der Waals surface area contributed by atoms with E-state index in [9.17, 15) is 9.18 Å². The lowest BCUT2D eigenvalue weighted by molar-refractivity contribution is -0.126. The van der Waals surface area contributed by atoms with E-state index < -0.39 is 11.6 Å². The molecule has 4 aromatic rings. The number of piperazine rings is 1. The first-order chi connectivity index (χ1) is 20.8. The molecule has 2 saturated heterocycles. The highest BCUT2D eigenvalue weighted by atomic mass is 32.1. The molecular weight excluding hydrogens is 572 g/mol. The molecule has 0 spiro atoms. The number of nitrogens with zero attached hydrogens (tertiary/aromatic N) is 6. The summed E-state index contributed by atoms with van der Waals surface area (Å²) in [7, 11) is 2.07. The van der Waals surface area contributed by atoms with Gasteiger partial charge in [-0.1, -0.05) is 17.9 Å². The minimum absolute atomic E-state index is 0.110. The van der Waals surface area contributed by atoms with Gasteiger partial charge in [0.1, 0.15) is 23.8 Å². The molecule has 0 bridgehead atoms. The molecule has 2 N–H and O–H groups in total. The van der Waals surface area contributed by atoms with Crippen molar-refractivity contribution in [1.82, 2.24) is 24.8 Å². The van der Waals surface area contributed by atoms with Gasteiger partial charge in [-0.15, -0.1) is 0 Å². The molecule has 1 aliphatic carbocycles. The topological polar surface area (TPSA) is 101 Å². The molecule has 2 aromatic carbocycles. The van der Waals surface area contributed by atoms with E-state index in [2.05, 4.69) is 33.4 Å². The molecule has 3 fully saturated rings. The number of likely N-dealkylation sites (N-methyl/N-ethyl adjacent to an activating group) is 1. The lowest BCUT2D eigenvalue weighted by Crippen LogP contribution is -2.48. The number of thiazole rings is 1. The number of likely N-dealkylation sites (tertiary alicyclic amines) is 1. The molecule has 1 amide bonds. The number of nitrogen functional groups attached to an aromatic ring is 1. The van der Waals surface area contributed by atoms with Crippen LogP contribution in [0.4, 0.5) is 19.7 Å². The van der Waals surface area contributed by atoms with Crippen LogP contribution in [0.25, 0.3) is 32.2 Å². The summed E-state index contributed by atoms with van der Waals surface area (Å²) in [5.41, 5.74) is 8.16. The van der Waals surface area contributed by atoms with Gasteiger partial charge in [-0.05, 0) is 75.0 Å². The van der Waals surface area contributed by atoms with Gasteiger partial charge in [0.2, 0.25) is 5.91 Å². The zero-order chi connectivity index (χ0) is 29.8. The van der Waals surface area contributed by atoms with Gasteiger partial charge in [0.25, 0.3) is 0 Å². The van der Waals surface area contributed by atoms with Gasteiger partial charge in [-0.2, -0.15) is 9.97 Å². The third kappa shape index (κ3) is 5.06. The van der Waals surface area contributed by atoms with Crippen LogP contribution in [-0.2, 0) is 4.79 Å². The number of fused-ring (bicyclic) bond motifs is 2. The van der Waals surface area contributed by atoms with Crippen LogP contribution in [0.5, 0.6) is 6.01 Å². The molecule has 1 atom stereocenters. The Hall–Kier alpha value is -3.90. The van der Waals surface area contributed by atoms with Crippen LogP contribution in [0.1, 0.15) is 37.2 Å². The monoisotopic (exact) mass is 605 g/mol. The largest absolute Gasteiger partial charge is 0.462 e. The number of carbonyl (C=O) groups is 1. The Labute approximate surface area is 252 Å². The molecule has 1 saturated carbocycles. The smallest absolute Gasteiger partial charge is 0.319 e. The van der Waals surface area contributed by atoms with Gasteiger partial charge in [-0.25, -0.2) is 13.8 Å². The number of rotatable bonds is 7. The number of hydrogen-bond acceptors (Lipinski definition) is 9. The summed E-state index contributed by atoms with van der Waals surface area (Å²) in [5.74, 6) is -0.315. The maximum absolute atomic E-state index is 17.0. The predicted octanol–water partition coefficient (Wildman–Crippen LogP) is 4.95. The molecule has 0 radical (unpaired) electrons. The summed E-state index contributed by atoms with van der Waals surface area (Å²) in [4.78, 5) is 32.1. The Morgan fingerprint density at radius 1 is 1.12 bits per heavy atom. The average Bonchev–Trinajstić information content (AvgIpc) is 3.66. The van der Waals surface area contributed by atoms with Crippen LogP contribution >= 0.6 is 11.3 Å². The SMILES string of the molecule is C=CC(=O)N1CCN(c2nc(OCC3CCCN3C)nc3c(F)c(-c4ccc(F)c5sc(N)nc45)c(C4CC4)cc23)CC1. The number of benzene rings is 2. The predicted molar refractivity (Wildman–Crippen MR) is 165 cm³/mol. The molecule has 7 rings (SSSR count). The number of amides is 1. The fraction of sp³-hybridized carbons (Fsp3) is 0.419. The van der Waals surface area contributed by atoms with E-state index in [1.54, 1.807) is 11.0 Å². The van der Waals surface area contributed by atoms with Crippen LogP contribution in [-0.4, -0.2) is 83.1 Å². The number of anilines is 2. The molecule has 4 heterocycles. The Bertz CT molecular complexity index is 1750. The van der Waals surface area contributed by atoms with Crippen LogP contribution in [0.15, 0.2) is 30.9 Å². The Balaban J connectivity index is 1.38. The summed E-state index contributed by atoms with van der Waals surface area (Å²) >= 11 is 1.05.